The molecule has 0 saturated carbocycles. The van der Waals surface area contributed by atoms with Gasteiger partial charge in [0.15, 0.2) is 0 Å². The molecule has 0 fully saturated rings. The Morgan fingerprint density at radius 2 is 1.50 bits per heavy atom. The zero-order valence-electron chi connectivity index (χ0n) is 19.1. The highest BCUT2D eigenvalue weighted by molar-refractivity contribution is 7.98. The van der Waals surface area contributed by atoms with Gasteiger partial charge in [-0.1, -0.05) is 60.7 Å². The molecule has 0 atom stereocenters. The van der Waals surface area contributed by atoms with Crippen LogP contribution in [0.2, 0.25) is 0 Å². The van der Waals surface area contributed by atoms with Crippen molar-refractivity contribution in [2.24, 2.45) is 0 Å². The predicted molar refractivity (Wildman–Crippen MR) is 143 cm³/mol. The monoisotopic (exact) mass is 464 g/mol. The quantitative estimate of drug-likeness (QED) is 0.294. The van der Waals surface area contributed by atoms with Gasteiger partial charge in [0.25, 0.3) is 5.91 Å². The number of hydrogen-bond acceptors (Lipinski definition) is 3. The van der Waals surface area contributed by atoms with Gasteiger partial charge in [-0.25, -0.2) is 0 Å². The van der Waals surface area contributed by atoms with Gasteiger partial charge in [-0.3, -0.25) is 4.79 Å². The van der Waals surface area contributed by atoms with Crippen LogP contribution in [0.3, 0.4) is 0 Å². The number of aryl methyl sites for hydroxylation is 1. The van der Waals surface area contributed by atoms with E-state index in [1.807, 2.05) is 42.1 Å². The number of amides is 1. The second-order valence-electron chi connectivity index (χ2n) is 8.60. The number of nitrogens with one attached hydrogen (secondary N) is 1. The lowest BCUT2D eigenvalue weighted by molar-refractivity contribution is 0.102. The van der Waals surface area contributed by atoms with Gasteiger partial charge in [0.1, 0.15) is 0 Å². The first-order valence-corrected chi connectivity index (χ1v) is 12.7. The normalized spacial score (nSPS) is 12.8. The highest BCUT2D eigenvalue weighted by atomic mass is 32.2. The summed E-state index contributed by atoms with van der Waals surface area (Å²) in [4.78, 5) is 16.4. The summed E-state index contributed by atoms with van der Waals surface area (Å²) in [6, 6.07) is 35.1. The van der Waals surface area contributed by atoms with Gasteiger partial charge in [-0.2, -0.15) is 0 Å². The molecule has 0 spiro atoms. The van der Waals surface area contributed by atoms with Crippen molar-refractivity contribution < 1.29 is 4.79 Å². The molecule has 0 unspecified atom stereocenters. The summed E-state index contributed by atoms with van der Waals surface area (Å²) in [5, 5.41) is 3.02. The summed E-state index contributed by atoms with van der Waals surface area (Å²) >= 11 is 1.81. The molecule has 0 saturated heterocycles. The molecule has 1 N–H and O–H groups in total. The Morgan fingerprint density at radius 3 is 2.29 bits per heavy atom. The van der Waals surface area contributed by atoms with Crippen LogP contribution in [0.1, 0.15) is 33.5 Å². The average Bonchev–Trinajstić information content (AvgIpc) is 2.89. The van der Waals surface area contributed by atoms with Gasteiger partial charge >= 0.3 is 0 Å². The topological polar surface area (TPSA) is 32.3 Å². The Kier molecular flexibility index (Phi) is 6.97. The van der Waals surface area contributed by atoms with Crippen molar-refractivity contribution >= 4 is 29.0 Å². The number of hydrogen-bond donors (Lipinski definition) is 1. The van der Waals surface area contributed by atoms with Gasteiger partial charge in [0.2, 0.25) is 0 Å². The average molecular weight is 465 g/mol. The molecule has 3 nitrogen and oxygen atoms in total. The highest BCUT2D eigenvalue weighted by Gasteiger charge is 2.16. The van der Waals surface area contributed by atoms with Crippen molar-refractivity contribution in [2.45, 2.75) is 30.0 Å². The lowest BCUT2D eigenvalue weighted by Gasteiger charge is -2.31. The van der Waals surface area contributed by atoms with Crippen LogP contribution in [-0.4, -0.2) is 12.5 Å². The smallest absolute Gasteiger partial charge is 0.255 e. The Hall–Kier alpha value is -3.50. The zero-order chi connectivity index (χ0) is 23.2. The van der Waals surface area contributed by atoms with Crippen molar-refractivity contribution in [2.75, 3.05) is 16.8 Å². The van der Waals surface area contributed by atoms with Crippen LogP contribution in [0, 0.1) is 0 Å². The number of para-hydroxylation sites is 1. The van der Waals surface area contributed by atoms with Crippen molar-refractivity contribution in [1.29, 1.82) is 0 Å². The molecule has 4 aromatic carbocycles. The number of carbonyl (C=O) groups excluding carboxylic acids is 1. The molecule has 5 rings (SSSR count). The largest absolute Gasteiger partial charge is 0.367 e. The summed E-state index contributed by atoms with van der Waals surface area (Å²) in [7, 11) is 0. The van der Waals surface area contributed by atoms with Crippen LogP contribution in [-0.2, 0) is 18.7 Å². The van der Waals surface area contributed by atoms with Crippen molar-refractivity contribution in [3.63, 3.8) is 0 Å². The molecule has 1 heterocycles. The summed E-state index contributed by atoms with van der Waals surface area (Å²) in [6.45, 7) is 1.93. The van der Waals surface area contributed by atoms with Gasteiger partial charge in [0, 0.05) is 40.7 Å². The van der Waals surface area contributed by atoms with Crippen molar-refractivity contribution in [1.82, 2.24) is 0 Å². The number of benzene rings is 4. The number of anilines is 2. The van der Waals surface area contributed by atoms with Gasteiger partial charge in [-0.15, -0.1) is 11.8 Å². The lowest BCUT2D eigenvalue weighted by atomic mass is 10.0. The first-order chi connectivity index (χ1) is 16.7. The van der Waals surface area contributed by atoms with E-state index in [4.69, 9.17) is 0 Å². The van der Waals surface area contributed by atoms with E-state index in [0.717, 1.165) is 31.0 Å². The zero-order valence-corrected chi connectivity index (χ0v) is 19.9. The van der Waals surface area contributed by atoms with E-state index in [-0.39, 0.29) is 5.91 Å². The Morgan fingerprint density at radius 1 is 0.794 bits per heavy atom. The molecule has 1 aliphatic rings. The fourth-order valence-corrected chi connectivity index (χ4v) is 5.20. The van der Waals surface area contributed by atoms with E-state index in [2.05, 4.69) is 83.0 Å². The lowest BCUT2D eigenvalue weighted by Crippen LogP contribution is -2.28. The van der Waals surface area contributed by atoms with E-state index in [1.165, 1.54) is 33.7 Å². The first kappa shape index (κ1) is 22.3. The standard InChI is InChI=1S/C30H28N2OS/c33-30(31-27-18-14-24(15-19-27)22-34-28-9-2-1-3-10-28)26-16-12-23(13-17-26)21-32-20-6-8-25-7-4-5-11-29(25)32/h1-5,7,9-19H,6,8,20-22H2,(H,31,33). The second kappa shape index (κ2) is 10.6. The van der Waals surface area contributed by atoms with E-state index in [9.17, 15) is 4.79 Å². The maximum absolute atomic E-state index is 12.7. The summed E-state index contributed by atoms with van der Waals surface area (Å²) in [5.74, 6) is 0.822. The summed E-state index contributed by atoms with van der Waals surface area (Å²) in [6.07, 6.45) is 2.33. The third-order valence-corrected chi connectivity index (χ3v) is 7.24. The Bertz CT molecular complexity index is 1240. The third kappa shape index (κ3) is 5.52. The van der Waals surface area contributed by atoms with E-state index in [0.29, 0.717) is 5.56 Å². The van der Waals surface area contributed by atoms with Gasteiger partial charge < -0.3 is 10.2 Å². The molecule has 1 amide bonds. The molecule has 4 aromatic rings. The molecule has 1 aliphatic heterocycles. The van der Waals surface area contributed by atoms with Crippen LogP contribution in [0.5, 0.6) is 0 Å². The maximum Gasteiger partial charge on any atom is 0.255 e. The second-order valence-corrected chi connectivity index (χ2v) is 9.65. The van der Waals surface area contributed by atoms with Crippen LogP contribution >= 0.6 is 11.8 Å². The van der Waals surface area contributed by atoms with Crippen LogP contribution in [0.15, 0.2) is 108 Å². The van der Waals surface area contributed by atoms with E-state index < -0.39 is 0 Å². The molecule has 0 aromatic heterocycles. The maximum atomic E-state index is 12.7. The van der Waals surface area contributed by atoms with Crippen LogP contribution in [0.4, 0.5) is 11.4 Å². The minimum atomic E-state index is -0.0821. The Balaban J connectivity index is 1.16. The molecule has 0 radical (unpaired) electrons. The fraction of sp³-hybridized carbons (Fsp3) is 0.167. The number of fused-ring (bicyclic) bond motifs is 1. The Labute approximate surface area is 205 Å². The summed E-state index contributed by atoms with van der Waals surface area (Å²) < 4.78 is 0. The highest BCUT2D eigenvalue weighted by Crippen LogP contribution is 2.28. The minimum Gasteiger partial charge on any atom is -0.367 e. The van der Waals surface area contributed by atoms with Crippen LogP contribution in [0.25, 0.3) is 0 Å². The van der Waals surface area contributed by atoms with Gasteiger partial charge in [0.05, 0.1) is 0 Å². The number of thioether (sulfide) groups is 1. The molecule has 0 aliphatic carbocycles. The van der Waals surface area contributed by atoms with E-state index >= 15 is 0 Å². The SMILES string of the molecule is O=C(Nc1ccc(CSc2ccccc2)cc1)c1ccc(CN2CCCc3ccccc32)cc1. The molecule has 4 heteroatoms. The molecule has 170 valence electrons. The van der Waals surface area contributed by atoms with Crippen LogP contribution < -0.4 is 10.2 Å². The predicted octanol–water partition coefficient (Wildman–Crippen LogP) is 7.18. The molecule has 34 heavy (non-hydrogen) atoms. The molecular weight excluding hydrogens is 436 g/mol. The minimum absolute atomic E-state index is 0.0821. The van der Waals surface area contributed by atoms with Crippen molar-refractivity contribution in [3.05, 3.63) is 125 Å². The van der Waals surface area contributed by atoms with Crippen molar-refractivity contribution in [3.8, 4) is 0 Å². The fourth-order valence-electron chi connectivity index (χ4n) is 4.33. The third-order valence-electron chi connectivity index (χ3n) is 6.16. The molecular formula is C30H28N2OS. The van der Waals surface area contributed by atoms with E-state index in [1.54, 1.807) is 0 Å². The first-order valence-electron chi connectivity index (χ1n) is 11.7. The number of carbonyl (C=O) groups is 1. The molecule has 0 bridgehead atoms. The number of nitrogens with zero attached hydrogens (tertiary/aromatic N) is 1. The van der Waals surface area contributed by atoms with Gasteiger partial charge in [-0.05, 0) is 72.0 Å². The number of rotatable bonds is 7. The summed E-state index contributed by atoms with van der Waals surface area (Å²) in [5.41, 5.74) is 6.69.